The Labute approximate surface area is 72.2 Å². The molecule has 0 aliphatic carbocycles. The molecule has 0 atom stereocenters. The minimum atomic E-state index is -0.639. The summed E-state index contributed by atoms with van der Waals surface area (Å²) in [5.41, 5.74) is -0.284. The standard InChI is InChI=1S/C4H3Cl2N3O2/c5-4-3(9(10)11)1-8(6)2-7-4/h1H,2H2. The van der Waals surface area contributed by atoms with Gasteiger partial charge in [0.15, 0.2) is 0 Å². The molecule has 7 heteroatoms. The van der Waals surface area contributed by atoms with Crippen LogP contribution in [0.4, 0.5) is 0 Å². The smallest absolute Gasteiger partial charge is 0.264 e. The minimum absolute atomic E-state index is 0.119. The van der Waals surface area contributed by atoms with Crippen LogP contribution in [0, 0.1) is 10.1 Å². The molecule has 0 amide bonds. The quantitative estimate of drug-likeness (QED) is 0.359. The van der Waals surface area contributed by atoms with Gasteiger partial charge in [-0.15, -0.1) is 0 Å². The van der Waals surface area contributed by atoms with Gasteiger partial charge in [0.25, 0.3) is 0 Å². The molecule has 0 aromatic rings. The van der Waals surface area contributed by atoms with Gasteiger partial charge in [-0.25, -0.2) is 4.99 Å². The third kappa shape index (κ3) is 1.81. The SMILES string of the molecule is O=[N+]([O-])C1=CN(Cl)CN=C1Cl. The van der Waals surface area contributed by atoms with Crippen LogP contribution < -0.4 is 0 Å². The Balaban J connectivity index is 2.90. The predicted octanol–water partition coefficient (Wildman–Crippen LogP) is 1.17. The highest BCUT2D eigenvalue weighted by Gasteiger charge is 2.22. The summed E-state index contributed by atoms with van der Waals surface area (Å²) in [6.07, 6.45) is 1.12. The third-order valence-electron chi connectivity index (χ3n) is 1.02. The first kappa shape index (κ1) is 8.29. The van der Waals surface area contributed by atoms with Crippen molar-refractivity contribution in [2.45, 2.75) is 0 Å². The number of nitrogens with zero attached hydrogens (tertiary/aromatic N) is 3. The second-order valence-corrected chi connectivity index (χ2v) is 2.55. The number of aliphatic imine (C=N–C) groups is 1. The fourth-order valence-electron chi connectivity index (χ4n) is 0.560. The maximum absolute atomic E-state index is 10.2. The van der Waals surface area contributed by atoms with E-state index in [0.29, 0.717) is 0 Å². The van der Waals surface area contributed by atoms with E-state index in [1.54, 1.807) is 0 Å². The molecular formula is C4H3Cl2N3O2. The normalized spacial score (nSPS) is 17.5. The van der Waals surface area contributed by atoms with Crippen molar-refractivity contribution in [3.63, 3.8) is 0 Å². The molecule has 0 unspecified atom stereocenters. The molecule has 0 fully saturated rings. The Hall–Kier alpha value is -0.810. The molecule has 0 saturated heterocycles. The van der Waals surface area contributed by atoms with Gasteiger partial charge in [0.05, 0.1) is 11.1 Å². The number of allylic oxidation sites excluding steroid dienone is 1. The molecule has 0 spiro atoms. The Morgan fingerprint density at radius 3 is 2.91 bits per heavy atom. The van der Waals surface area contributed by atoms with Gasteiger partial charge >= 0.3 is 5.70 Å². The topological polar surface area (TPSA) is 58.7 Å². The van der Waals surface area contributed by atoms with E-state index in [9.17, 15) is 10.1 Å². The fourth-order valence-corrected chi connectivity index (χ4v) is 0.877. The van der Waals surface area contributed by atoms with Crippen LogP contribution in [0.25, 0.3) is 0 Å². The predicted molar refractivity (Wildman–Crippen MR) is 40.9 cm³/mol. The molecule has 60 valence electrons. The fraction of sp³-hybridized carbons (Fsp3) is 0.250. The van der Waals surface area contributed by atoms with E-state index in [-0.39, 0.29) is 17.5 Å². The Morgan fingerprint density at radius 1 is 1.82 bits per heavy atom. The van der Waals surface area contributed by atoms with Crippen molar-refractivity contribution in [1.82, 2.24) is 4.42 Å². The van der Waals surface area contributed by atoms with Crippen LogP contribution in [-0.2, 0) is 0 Å². The second kappa shape index (κ2) is 3.06. The minimum Gasteiger partial charge on any atom is -0.264 e. The molecule has 0 radical (unpaired) electrons. The zero-order valence-electron chi connectivity index (χ0n) is 5.20. The average molecular weight is 196 g/mol. The molecule has 1 aliphatic rings. The van der Waals surface area contributed by atoms with Crippen LogP contribution >= 0.6 is 23.4 Å². The van der Waals surface area contributed by atoms with E-state index >= 15 is 0 Å². The van der Waals surface area contributed by atoms with E-state index in [4.69, 9.17) is 23.4 Å². The highest BCUT2D eigenvalue weighted by Crippen LogP contribution is 2.13. The van der Waals surface area contributed by atoms with Gasteiger partial charge in [0.1, 0.15) is 6.67 Å². The highest BCUT2D eigenvalue weighted by atomic mass is 35.5. The first-order valence-corrected chi connectivity index (χ1v) is 3.32. The summed E-state index contributed by atoms with van der Waals surface area (Å²) in [6.45, 7) is 0.137. The van der Waals surface area contributed by atoms with Gasteiger partial charge in [-0.3, -0.25) is 14.5 Å². The first-order valence-electron chi connectivity index (χ1n) is 2.60. The third-order valence-corrected chi connectivity index (χ3v) is 1.53. The molecular weight excluding hydrogens is 193 g/mol. The Kier molecular flexibility index (Phi) is 2.31. The molecule has 11 heavy (non-hydrogen) atoms. The van der Waals surface area contributed by atoms with Crippen molar-refractivity contribution in [1.29, 1.82) is 0 Å². The zero-order valence-corrected chi connectivity index (χ0v) is 6.71. The van der Waals surface area contributed by atoms with Gasteiger partial charge in [0, 0.05) is 11.8 Å². The lowest BCUT2D eigenvalue weighted by molar-refractivity contribution is -0.415. The van der Waals surface area contributed by atoms with Crippen molar-refractivity contribution < 1.29 is 4.92 Å². The van der Waals surface area contributed by atoms with Crippen LogP contribution in [-0.4, -0.2) is 21.2 Å². The molecule has 0 aromatic heterocycles. The summed E-state index contributed by atoms with van der Waals surface area (Å²) in [7, 11) is 0. The summed E-state index contributed by atoms with van der Waals surface area (Å²) in [5.74, 6) is 0. The van der Waals surface area contributed by atoms with E-state index in [2.05, 4.69) is 4.99 Å². The maximum atomic E-state index is 10.2. The number of nitro groups is 1. The van der Waals surface area contributed by atoms with Crippen molar-refractivity contribution in [3.05, 3.63) is 22.0 Å². The Morgan fingerprint density at radius 2 is 2.45 bits per heavy atom. The van der Waals surface area contributed by atoms with Gasteiger partial charge in [-0.2, -0.15) is 0 Å². The van der Waals surface area contributed by atoms with E-state index in [0.717, 1.165) is 10.6 Å². The molecule has 5 nitrogen and oxygen atoms in total. The molecule has 0 saturated carbocycles. The van der Waals surface area contributed by atoms with Crippen molar-refractivity contribution >= 4 is 28.5 Å². The zero-order chi connectivity index (χ0) is 8.43. The number of hydrogen-bond acceptors (Lipinski definition) is 4. The van der Waals surface area contributed by atoms with Crippen LogP contribution in [0.2, 0.25) is 0 Å². The second-order valence-electron chi connectivity index (χ2n) is 1.76. The summed E-state index contributed by atoms with van der Waals surface area (Å²) in [6, 6.07) is 0. The lowest BCUT2D eigenvalue weighted by Gasteiger charge is -2.10. The summed E-state index contributed by atoms with van der Waals surface area (Å²) >= 11 is 10.8. The molecule has 0 N–H and O–H groups in total. The van der Waals surface area contributed by atoms with Gasteiger partial charge in [0.2, 0.25) is 5.17 Å². The molecule has 0 bridgehead atoms. The van der Waals surface area contributed by atoms with Gasteiger partial charge in [-0.05, 0) is 0 Å². The first-order chi connectivity index (χ1) is 5.11. The lowest BCUT2D eigenvalue weighted by Crippen LogP contribution is -2.18. The Bertz CT molecular complexity index is 250. The molecule has 1 rings (SSSR count). The van der Waals surface area contributed by atoms with Crippen LogP contribution in [0.5, 0.6) is 0 Å². The van der Waals surface area contributed by atoms with E-state index < -0.39 is 4.92 Å². The summed E-state index contributed by atoms with van der Waals surface area (Å²) < 4.78 is 1.06. The van der Waals surface area contributed by atoms with E-state index in [1.165, 1.54) is 0 Å². The van der Waals surface area contributed by atoms with E-state index in [1.807, 2.05) is 0 Å². The van der Waals surface area contributed by atoms with Crippen LogP contribution in [0.15, 0.2) is 16.9 Å². The summed E-state index contributed by atoms with van der Waals surface area (Å²) in [5, 5.41) is 10.1. The molecule has 1 aliphatic heterocycles. The molecule has 1 heterocycles. The van der Waals surface area contributed by atoms with Gasteiger partial charge < -0.3 is 0 Å². The van der Waals surface area contributed by atoms with Crippen molar-refractivity contribution in [2.24, 2.45) is 4.99 Å². The largest absolute Gasteiger partial charge is 0.323 e. The maximum Gasteiger partial charge on any atom is 0.323 e. The highest BCUT2D eigenvalue weighted by molar-refractivity contribution is 6.69. The van der Waals surface area contributed by atoms with Gasteiger partial charge in [-0.1, -0.05) is 11.6 Å². The van der Waals surface area contributed by atoms with Crippen LogP contribution in [0.1, 0.15) is 0 Å². The van der Waals surface area contributed by atoms with Crippen LogP contribution in [0.3, 0.4) is 0 Å². The molecule has 0 aromatic carbocycles. The average Bonchev–Trinajstić information content (AvgIpc) is 1.94. The number of halogens is 2. The van der Waals surface area contributed by atoms with Crippen molar-refractivity contribution in [2.75, 3.05) is 6.67 Å². The number of rotatable bonds is 1. The number of hydrogen-bond donors (Lipinski definition) is 0. The summed E-state index contributed by atoms with van der Waals surface area (Å²) in [4.78, 5) is 13.1. The monoisotopic (exact) mass is 195 g/mol. The van der Waals surface area contributed by atoms with Crippen molar-refractivity contribution in [3.8, 4) is 0 Å². The lowest BCUT2D eigenvalue weighted by atomic mass is 10.5.